The van der Waals surface area contributed by atoms with Crippen LogP contribution in [0.5, 0.6) is 0 Å². The maximum atomic E-state index is 12.2. The van der Waals surface area contributed by atoms with Crippen LogP contribution in [0.3, 0.4) is 0 Å². The minimum absolute atomic E-state index is 0.147. The Morgan fingerprint density at radius 2 is 1.68 bits per heavy atom. The molecule has 4 aliphatic carbocycles. The van der Waals surface area contributed by atoms with E-state index < -0.39 is 5.60 Å². The molecule has 25 heavy (non-hydrogen) atoms. The fourth-order valence-corrected chi connectivity index (χ4v) is 8.25. The lowest BCUT2D eigenvalue weighted by molar-refractivity contribution is -0.144. The Morgan fingerprint density at radius 3 is 2.36 bits per heavy atom. The number of aliphatic hydroxyl groups is 1. The number of rotatable bonds is 1. The summed E-state index contributed by atoms with van der Waals surface area (Å²) in [5.74, 6) is 2.79. The van der Waals surface area contributed by atoms with Gasteiger partial charge in [-0.05, 0) is 87.4 Å². The second-order valence-corrected chi connectivity index (χ2v) is 10.9. The highest BCUT2D eigenvalue weighted by atomic mass is 16.3. The van der Waals surface area contributed by atoms with Gasteiger partial charge in [0, 0.05) is 5.92 Å². The van der Waals surface area contributed by atoms with Crippen molar-refractivity contribution in [3.8, 4) is 0 Å². The number of hydrogen-bond acceptors (Lipinski definition) is 2. The average Bonchev–Trinajstić information content (AvgIpc) is 2.85. The van der Waals surface area contributed by atoms with Gasteiger partial charge < -0.3 is 5.11 Å². The first-order valence-electron chi connectivity index (χ1n) is 10.5. The van der Waals surface area contributed by atoms with Gasteiger partial charge in [-0.3, -0.25) is 4.79 Å². The van der Waals surface area contributed by atoms with Crippen molar-refractivity contribution in [3.63, 3.8) is 0 Å². The van der Waals surface area contributed by atoms with E-state index in [-0.39, 0.29) is 22.1 Å². The smallest absolute Gasteiger partial charge is 0.133 e. The van der Waals surface area contributed by atoms with E-state index in [1.807, 2.05) is 6.92 Å². The minimum atomic E-state index is -0.600. The first-order valence-corrected chi connectivity index (χ1v) is 10.5. The van der Waals surface area contributed by atoms with E-state index in [2.05, 4.69) is 13.8 Å². The second kappa shape index (κ2) is 5.36. The summed E-state index contributed by atoms with van der Waals surface area (Å²) >= 11 is 0. The number of hydrogen-bond donors (Lipinski definition) is 1. The molecule has 0 aromatic rings. The quantitative estimate of drug-likeness (QED) is 0.702. The Bertz CT molecular complexity index is 587. The molecule has 3 heteroatoms. The molecule has 0 amide bonds. The molecule has 0 saturated heterocycles. The van der Waals surface area contributed by atoms with Crippen LogP contribution in [0.2, 0.25) is 5.31 Å². The van der Waals surface area contributed by atoms with Crippen molar-refractivity contribution >= 4 is 13.6 Å². The first kappa shape index (κ1) is 18.1. The van der Waals surface area contributed by atoms with Gasteiger partial charge >= 0.3 is 0 Å². The topological polar surface area (TPSA) is 37.3 Å². The lowest BCUT2D eigenvalue weighted by Gasteiger charge is -2.66. The molecule has 138 valence electrons. The van der Waals surface area contributed by atoms with E-state index in [0.29, 0.717) is 17.6 Å². The molecule has 4 fully saturated rings. The summed E-state index contributed by atoms with van der Waals surface area (Å²) < 4.78 is 0. The van der Waals surface area contributed by atoms with Crippen LogP contribution in [0.15, 0.2) is 0 Å². The van der Waals surface area contributed by atoms with Crippen molar-refractivity contribution < 1.29 is 9.90 Å². The highest BCUT2D eigenvalue weighted by molar-refractivity contribution is 6.16. The Labute approximate surface area is 154 Å². The van der Waals surface area contributed by atoms with Crippen LogP contribution >= 0.6 is 0 Å². The molecule has 0 aromatic carbocycles. The van der Waals surface area contributed by atoms with Crippen LogP contribution in [0.4, 0.5) is 0 Å². The Balaban J connectivity index is 1.65. The summed E-state index contributed by atoms with van der Waals surface area (Å²) in [7, 11) is 7.01. The van der Waals surface area contributed by atoms with Gasteiger partial charge in [0.05, 0.1) is 13.4 Å². The Morgan fingerprint density at radius 1 is 0.960 bits per heavy atom. The standard InChI is InChI=1S/C22H35BO2/c1-14(24)16-5-6-17-15-7-10-22(23)13-19(2,25)11-12-21(22,4)18(15)8-9-20(16,17)3/h15-18,25H,5-13H2,1-4H3/t15-,16+,17-,18-,19+,20+,21+,22+/m0/s1. The molecule has 8 atom stereocenters. The zero-order valence-corrected chi connectivity index (χ0v) is 16.6. The summed E-state index contributed by atoms with van der Waals surface area (Å²) in [5.41, 5.74) is -0.233. The average molecular weight is 342 g/mol. The van der Waals surface area contributed by atoms with Crippen molar-refractivity contribution in [1.82, 2.24) is 0 Å². The molecule has 0 spiro atoms. The summed E-state index contributed by atoms with van der Waals surface area (Å²) in [4.78, 5) is 12.2. The molecular weight excluding hydrogens is 307 g/mol. The zero-order chi connectivity index (χ0) is 18.3. The predicted octanol–water partition coefficient (Wildman–Crippen LogP) is 4.70. The molecule has 0 aliphatic heterocycles. The molecule has 0 unspecified atom stereocenters. The van der Waals surface area contributed by atoms with Crippen molar-refractivity contribution in [2.75, 3.05) is 0 Å². The van der Waals surface area contributed by atoms with E-state index in [1.54, 1.807) is 6.92 Å². The molecule has 2 radical (unpaired) electrons. The third-order valence-corrected chi connectivity index (χ3v) is 9.69. The van der Waals surface area contributed by atoms with E-state index in [9.17, 15) is 9.90 Å². The fourth-order valence-electron chi connectivity index (χ4n) is 8.25. The van der Waals surface area contributed by atoms with E-state index in [4.69, 9.17) is 7.85 Å². The van der Waals surface area contributed by atoms with Crippen molar-refractivity contribution in [2.45, 2.75) is 96.4 Å². The molecule has 4 aliphatic rings. The van der Waals surface area contributed by atoms with Crippen molar-refractivity contribution in [1.29, 1.82) is 0 Å². The lowest BCUT2D eigenvalue weighted by atomic mass is 9.34. The zero-order valence-electron chi connectivity index (χ0n) is 16.6. The molecule has 0 heterocycles. The highest BCUT2D eigenvalue weighted by Crippen LogP contribution is 2.73. The monoisotopic (exact) mass is 342 g/mol. The molecule has 4 rings (SSSR count). The summed E-state index contributed by atoms with van der Waals surface area (Å²) in [6, 6.07) is 0. The molecule has 4 saturated carbocycles. The van der Waals surface area contributed by atoms with Crippen molar-refractivity contribution in [2.24, 2.45) is 34.5 Å². The van der Waals surface area contributed by atoms with Crippen LogP contribution in [-0.2, 0) is 4.79 Å². The van der Waals surface area contributed by atoms with E-state index in [1.165, 1.54) is 25.7 Å². The predicted molar refractivity (Wildman–Crippen MR) is 101 cm³/mol. The van der Waals surface area contributed by atoms with Gasteiger partial charge in [-0.25, -0.2) is 0 Å². The maximum Gasteiger partial charge on any atom is 0.133 e. The first-order chi connectivity index (χ1) is 11.5. The van der Waals surface area contributed by atoms with Gasteiger partial charge in [-0.2, -0.15) is 0 Å². The number of fused-ring (bicyclic) bond motifs is 5. The number of carbonyl (C=O) groups is 1. The van der Waals surface area contributed by atoms with Gasteiger partial charge in [0.2, 0.25) is 0 Å². The second-order valence-electron chi connectivity index (χ2n) is 10.9. The van der Waals surface area contributed by atoms with Crippen LogP contribution in [0, 0.1) is 34.5 Å². The third-order valence-electron chi connectivity index (χ3n) is 9.69. The van der Waals surface area contributed by atoms with Crippen LogP contribution in [-0.4, -0.2) is 24.3 Å². The van der Waals surface area contributed by atoms with Gasteiger partial charge in [0.1, 0.15) is 5.78 Å². The molecule has 0 bridgehead atoms. The summed E-state index contributed by atoms with van der Waals surface area (Å²) in [6.45, 7) is 8.62. The number of carbonyl (C=O) groups excluding carboxylic acids is 1. The summed E-state index contributed by atoms with van der Waals surface area (Å²) in [6.07, 6.45) is 9.64. The van der Waals surface area contributed by atoms with Gasteiger partial charge in [-0.15, -0.1) is 0 Å². The van der Waals surface area contributed by atoms with Crippen molar-refractivity contribution in [3.05, 3.63) is 0 Å². The van der Waals surface area contributed by atoms with E-state index >= 15 is 0 Å². The minimum Gasteiger partial charge on any atom is -0.390 e. The fraction of sp³-hybridized carbons (Fsp3) is 0.955. The van der Waals surface area contributed by atoms with E-state index in [0.717, 1.165) is 38.0 Å². The van der Waals surface area contributed by atoms with Gasteiger partial charge in [-0.1, -0.05) is 32.0 Å². The highest BCUT2D eigenvalue weighted by Gasteiger charge is 2.64. The molecular formula is C22H35BO2. The SMILES string of the molecule is [B][C@@]12CC[C@H]3[C@@H]4CC[C@H](C(C)=O)[C@@]4(C)CC[C@@H]3[C@@]1(C)CC[C@@](C)(O)C2. The third kappa shape index (κ3) is 2.36. The Hall–Kier alpha value is -0.305. The summed E-state index contributed by atoms with van der Waals surface area (Å²) in [5, 5.41) is 10.4. The molecule has 2 nitrogen and oxygen atoms in total. The maximum absolute atomic E-state index is 12.2. The number of Topliss-reactive ketones (excluding diaryl/α,β-unsaturated/α-hetero) is 1. The normalized spacial score (nSPS) is 58.1. The van der Waals surface area contributed by atoms with Gasteiger partial charge in [0.25, 0.3) is 0 Å². The molecule has 0 aromatic heterocycles. The Kier molecular flexibility index (Phi) is 3.88. The van der Waals surface area contributed by atoms with Gasteiger partial charge in [0.15, 0.2) is 0 Å². The number of ketones is 1. The largest absolute Gasteiger partial charge is 0.390 e. The molecule has 1 N–H and O–H groups in total. The van der Waals surface area contributed by atoms with Crippen LogP contribution in [0.25, 0.3) is 0 Å². The van der Waals surface area contributed by atoms with Crippen LogP contribution < -0.4 is 0 Å². The van der Waals surface area contributed by atoms with Crippen LogP contribution in [0.1, 0.15) is 85.5 Å². The lowest BCUT2D eigenvalue weighted by Crippen LogP contribution is -2.58.